The van der Waals surface area contributed by atoms with Crippen LogP contribution in [0.4, 0.5) is 35.1 Å². The van der Waals surface area contributed by atoms with Crippen LogP contribution in [-0.2, 0) is 11.0 Å². The average Bonchev–Trinajstić information content (AvgIpc) is 2.23. The highest BCUT2D eigenvalue weighted by Gasteiger charge is 2.75. The zero-order valence-electron chi connectivity index (χ0n) is 10.6. The van der Waals surface area contributed by atoms with Gasteiger partial charge in [0.05, 0.1) is 22.3 Å². The minimum absolute atomic E-state index is 1.13. The van der Waals surface area contributed by atoms with Gasteiger partial charge in [0.15, 0.2) is 0 Å². The van der Waals surface area contributed by atoms with Crippen LogP contribution in [0.25, 0.3) is 0 Å². The van der Waals surface area contributed by atoms with Gasteiger partial charge in [-0.05, 0) is 20.8 Å². The van der Waals surface area contributed by atoms with Gasteiger partial charge in [-0.3, -0.25) is 0 Å². The van der Waals surface area contributed by atoms with Gasteiger partial charge in [0.2, 0.25) is 0 Å². The largest absolute Gasteiger partial charge is 0.379 e. The Bertz CT molecular complexity index is 365. The SMILES string of the molecule is CC(C)(C)[S@](=O)NCC(F)(F)C(F)(F)C(F)(F)C(F)F. The van der Waals surface area contributed by atoms with Crippen molar-refractivity contribution >= 4 is 11.0 Å². The number of halogens is 8. The minimum Gasteiger partial charge on any atom is -0.242 e. The maximum absolute atomic E-state index is 13.0. The van der Waals surface area contributed by atoms with E-state index in [-0.39, 0.29) is 0 Å². The molecule has 0 aliphatic heterocycles. The van der Waals surface area contributed by atoms with Crippen LogP contribution in [-0.4, -0.2) is 39.7 Å². The van der Waals surface area contributed by atoms with Crippen LogP contribution < -0.4 is 4.72 Å². The smallest absolute Gasteiger partial charge is 0.242 e. The van der Waals surface area contributed by atoms with Crippen molar-refractivity contribution in [3.8, 4) is 0 Å². The van der Waals surface area contributed by atoms with E-state index in [1.807, 2.05) is 0 Å². The van der Waals surface area contributed by atoms with Crippen LogP contribution >= 0.6 is 0 Å². The van der Waals surface area contributed by atoms with E-state index < -0.39 is 46.5 Å². The molecular weight excluding hydrogens is 322 g/mol. The van der Waals surface area contributed by atoms with Crippen molar-refractivity contribution in [3.05, 3.63) is 0 Å². The van der Waals surface area contributed by atoms with E-state index in [0.717, 1.165) is 0 Å². The van der Waals surface area contributed by atoms with Gasteiger partial charge < -0.3 is 0 Å². The van der Waals surface area contributed by atoms with E-state index in [4.69, 9.17) is 0 Å². The number of rotatable bonds is 6. The molecular formula is C9H13F8NOS. The summed E-state index contributed by atoms with van der Waals surface area (Å²) >= 11 is 0. The van der Waals surface area contributed by atoms with E-state index >= 15 is 0 Å². The summed E-state index contributed by atoms with van der Waals surface area (Å²) in [5.74, 6) is -18.0. The van der Waals surface area contributed by atoms with E-state index in [2.05, 4.69) is 0 Å². The fourth-order valence-electron chi connectivity index (χ4n) is 0.865. The van der Waals surface area contributed by atoms with E-state index in [9.17, 15) is 39.3 Å². The lowest BCUT2D eigenvalue weighted by Crippen LogP contribution is -2.61. The summed E-state index contributed by atoms with van der Waals surface area (Å²) in [4.78, 5) is 0. The molecule has 0 aliphatic carbocycles. The Morgan fingerprint density at radius 3 is 1.70 bits per heavy atom. The Balaban J connectivity index is 5.10. The zero-order valence-corrected chi connectivity index (χ0v) is 11.4. The lowest BCUT2D eigenvalue weighted by molar-refractivity contribution is -0.335. The lowest BCUT2D eigenvalue weighted by atomic mass is 10.1. The van der Waals surface area contributed by atoms with Crippen molar-refractivity contribution in [2.45, 2.75) is 49.7 Å². The van der Waals surface area contributed by atoms with Crippen molar-refractivity contribution in [1.82, 2.24) is 4.72 Å². The second kappa shape index (κ2) is 5.74. The standard InChI is InChI=1S/C9H13F8NOS/c1-6(2,3)20(19)18-4-7(12,13)9(16,17)8(14,15)5(10)11/h5,18H,4H2,1-3H3/t20-/m0/s1. The summed E-state index contributed by atoms with van der Waals surface area (Å²) < 4.78 is 112. The quantitative estimate of drug-likeness (QED) is 0.742. The molecule has 0 spiro atoms. The van der Waals surface area contributed by atoms with Gasteiger partial charge in [0.1, 0.15) is 0 Å². The normalized spacial score (nSPS) is 16.6. The zero-order chi connectivity index (χ0) is 16.6. The number of hydrogen-bond donors (Lipinski definition) is 1. The number of alkyl halides is 8. The second-order valence-corrected chi connectivity index (χ2v) is 6.96. The first-order valence-electron chi connectivity index (χ1n) is 5.14. The first-order valence-corrected chi connectivity index (χ1v) is 6.29. The first-order chi connectivity index (χ1) is 8.57. The molecule has 20 heavy (non-hydrogen) atoms. The summed E-state index contributed by atoms with van der Waals surface area (Å²) in [6.45, 7) is 1.78. The minimum atomic E-state index is -6.29. The molecule has 0 aromatic rings. The Morgan fingerprint density at radius 2 is 1.40 bits per heavy atom. The van der Waals surface area contributed by atoms with Crippen molar-refractivity contribution in [2.24, 2.45) is 0 Å². The fraction of sp³-hybridized carbons (Fsp3) is 1.00. The predicted octanol–water partition coefficient (Wildman–Crippen LogP) is 3.21. The second-order valence-electron chi connectivity index (χ2n) is 4.90. The summed E-state index contributed by atoms with van der Waals surface area (Å²) in [6, 6.07) is 0. The number of nitrogens with one attached hydrogen (secondary N) is 1. The van der Waals surface area contributed by atoms with Crippen LogP contribution in [0.5, 0.6) is 0 Å². The van der Waals surface area contributed by atoms with Crippen LogP contribution in [0.1, 0.15) is 20.8 Å². The van der Waals surface area contributed by atoms with Crippen molar-refractivity contribution in [3.63, 3.8) is 0 Å². The van der Waals surface area contributed by atoms with Crippen molar-refractivity contribution in [2.75, 3.05) is 6.54 Å². The molecule has 0 saturated heterocycles. The molecule has 0 rings (SSSR count). The molecule has 0 bridgehead atoms. The maximum Gasteiger partial charge on any atom is 0.379 e. The summed E-state index contributed by atoms with van der Waals surface area (Å²) in [7, 11) is -2.25. The maximum atomic E-state index is 13.0. The topological polar surface area (TPSA) is 29.1 Å². The monoisotopic (exact) mass is 335 g/mol. The van der Waals surface area contributed by atoms with Crippen LogP contribution in [0.3, 0.4) is 0 Å². The van der Waals surface area contributed by atoms with Crippen LogP contribution in [0, 0.1) is 0 Å². The fourth-order valence-corrected chi connectivity index (χ4v) is 1.61. The molecule has 122 valence electrons. The summed E-state index contributed by atoms with van der Waals surface area (Å²) in [5, 5.41) is 0. The first kappa shape index (κ1) is 19.6. The molecule has 0 radical (unpaired) electrons. The van der Waals surface area contributed by atoms with Gasteiger partial charge in [-0.1, -0.05) is 0 Å². The molecule has 0 unspecified atom stereocenters. The third-order valence-corrected chi connectivity index (χ3v) is 3.65. The van der Waals surface area contributed by atoms with Crippen LogP contribution in [0.15, 0.2) is 0 Å². The molecule has 0 aromatic carbocycles. The van der Waals surface area contributed by atoms with Gasteiger partial charge in [0, 0.05) is 0 Å². The molecule has 0 aliphatic rings. The van der Waals surface area contributed by atoms with Gasteiger partial charge in [-0.25, -0.2) is 17.7 Å². The molecule has 0 heterocycles. The average molecular weight is 335 g/mol. The van der Waals surface area contributed by atoms with E-state index in [0.29, 0.717) is 0 Å². The Labute approximate surface area is 112 Å². The third kappa shape index (κ3) is 3.80. The molecule has 1 N–H and O–H groups in total. The van der Waals surface area contributed by atoms with E-state index in [1.54, 1.807) is 0 Å². The number of hydrogen-bond acceptors (Lipinski definition) is 1. The van der Waals surface area contributed by atoms with Gasteiger partial charge >= 0.3 is 24.2 Å². The van der Waals surface area contributed by atoms with Crippen LogP contribution in [0.2, 0.25) is 0 Å². The molecule has 1 atom stereocenters. The van der Waals surface area contributed by atoms with Crippen molar-refractivity contribution < 1.29 is 39.3 Å². The Kier molecular flexibility index (Phi) is 5.61. The van der Waals surface area contributed by atoms with Crippen molar-refractivity contribution in [1.29, 1.82) is 0 Å². The van der Waals surface area contributed by atoms with Gasteiger partial charge in [-0.2, -0.15) is 26.3 Å². The molecule has 11 heteroatoms. The molecule has 0 fully saturated rings. The summed E-state index contributed by atoms with van der Waals surface area (Å²) in [6.07, 6.45) is -4.96. The highest BCUT2D eigenvalue weighted by Crippen LogP contribution is 2.48. The predicted molar refractivity (Wildman–Crippen MR) is 56.7 cm³/mol. The molecule has 0 saturated carbocycles. The summed E-state index contributed by atoms with van der Waals surface area (Å²) in [5.41, 5.74) is 0. The Morgan fingerprint density at radius 1 is 1.00 bits per heavy atom. The Hall–Kier alpha value is -0.450. The highest BCUT2D eigenvalue weighted by atomic mass is 32.2. The third-order valence-electron chi connectivity index (χ3n) is 2.13. The van der Waals surface area contributed by atoms with Gasteiger partial charge in [0.25, 0.3) is 0 Å². The highest BCUT2D eigenvalue weighted by molar-refractivity contribution is 7.84. The lowest BCUT2D eigenvalue weighted by Gasteiger charge is -2.32. The molecule has 0 amide bonds. The molecule has 2 nitrogen and oxygen atoms in total. The van der Waals surface area contributed by atoms with E-state index in [1.165, 1.54) is 25.5 Å². The van der Waals surface area contributed by atoms with Gasteiger partial charge in [-0.15, -0.1) is 0 Å². The molecule has 0 aromatic heterocycles.